The van der Waals surface area contributed by atoms with Gasteiger partial charge in [-0.25, -0.2) is 4.79 Å². The Morgan fingerprint density at radius 3 is 2.60 bits per heavy atom. The highest BCUT2D eigenvalue weighted by Gasteiger charge is 2.11. The average molecular weight is 272 g/mol. The van der Waals surface area contributed by atoms with Gasteiger partial charge in [0.05, 0.1) is 10.9 Å². The lowest BCUT2D eigenvalue weighted by Gasteiger charge is -2.12. The maximum Gasteiger partial charge on any atom is 0.331 e. The molecule has 0 atom stereocenters. The number of hydrogen-bond donors (Lipinski definition) is 0. The minimum absolute atomic E-state index is 0.193. The second-order valence-corrected chi connectivity index (χ2v) is 4.86. The summed E-state index contributed by atoms with van der Waals surface area (Å²) in [5, 5.41) is 0.588. The zero-order valence-corrected chi connectivity index (χ0v) is 11.8. The van der Waals surface area contributed by atoms with Gasteiger partial charge in [-0.1, -0.05) is 38.0 Å². The number of rotatable bonds is 6. The summed E-state index contributed by atoms with van der Waals surface area (Å²) in [4.78, 5) is 24.9. The third kappa shape index (κ3) is 2.59. The minimum Gasteiger partial charge on any atom is -0.289 e. The van der Waals surface area contributed by atoms with Gasteiger partial charge in [0, 0.05) is 13.1 Å². The number of benzene rings is 1. The summed E-state index contributed by atoms with van der Waals surface area (Å²) >= 11 is 0. The van der Waals surface area contributed by atoms with Gasteiger partial charge in [-0.2, -0.15) is 0 Å². The van der Waals surface area contributed by atoms with E-state index in [9.17, 15) is 9.59 Å². The van der Waals surface area contributed by atoms with Crippen LogP contribution in [-0.4, -0.2) is 9.13 Å². The summed E-state index contributed by atoms with van der Waals surface area (Å²) in [5.41, 5.74) is 0.237. The molecule has 0 aliphatic rings. The Kier molecular flexibility index (Phi) is 4.56. The van der Waals surface area contributed by atoms with Crippen molar-refractivity contribution in [2.45, 2.75) is 39.3 Å². The van der Waals surface area contributed by atoms with Crippen molar-refractivity contribution in [3.05, 3.63) is 57.8 Å². The lowest BCUT2D eigenvalue weighted by atomic mass is 10.2. The van der Waals surface area contributed by atoms with E-state index in [2.05, 4.69) is 13.5 Å². The molecule has 1 aromatic heterocycles. The Hall–Kier alpha value is -2.10. The number of para-hydroxylation sites is 1. The summed E-state index contributed by atoms with van der Waals surface area (Å²) in [6.45, 7) is 6.67. The number of allylic oxidation sites excluding steroid dienone is 1. The summed E-state index contributed by atoms with van der Waals surface area (Å²) in [7, 11) is 0. The maximum absolute atomic E-state index is 12.5. The summed E-state index contributed by atoms with van der Waals surface area (Å²) < 4.78 is 2.96. The molecule has 0 aliphatic carbocycles. The number of nitrogens with zero attached hydrogens (tertiary/aromatic N) is 2. The van der Waals surface area contributed by atoms with E-state index in [1.807, 2.05) is 12.1 Å². The molecule has 1 heterocycles. The van der Waals surface area contributed by atoms with Crippen LogP contribution in [0.3, 0.4) is 0 Å². The molecule has 0 unspecified atom stereocenters. The Balaban J connectivity index is 2.65. The van der Waals surface area contributed by atoms with Crippen molar-refractivity contribution < 1.29 is 0 Å². The topological polar surface area (TPSA) is 44.0 Å². The second-order valence-electron chi connectivity index (χ2n) is 4.86. The van der Waals surface area contributed by atoms with E-state index in [4.69, 9.17) is 0 Å². The van der Waals surface area contributed by atoms with Gasteiger partial charge < -0.3 is 0 Å². The van der Waals surface area contributed by atoms with Crippen LogP contribution in [0.25, 0.3) is 10.9 Å². The average Bonchev–Trinajstić information content (AvgIpc) is 2.47. The van der Waals surface area contributed by atoms with Crippen molar-refractivity contribution in [3.8, 4) is 0 Å². The predicted octanol–water partition coefficient (Wildman–Crippen LogP) is 2.54. The third-order valence-corrected chi connectivity index (χ3v) is 3.43. The molecule has 2 aromatic rings. The first kappa shape index (κ1) is 14.3. The van der Waals surface area contributed by atoms with E-state index < -0.39 is 0 Å². The molecule has 4 heteroatoms. The smallest absolute Gasteiger partial charge is 0.289 e. The van der Waals surface area contributed by atoms with Crippen LogP contribution in [0.4, 0.5) is 0 Å². The van der Waals surface area contributed by atoms with E-state index >= 15 is 0 Å². The van der Waals surface area contributed by atoms with Crippen LogP contribution in [0.2, 0.25) is 0 Å². The Morgan fingerprint density at radius 1 is 1.15 bits per heavy atom. The van der Waals surface area contributed by atoms with Crippen LogP contribution in [0.15, 0.2) is 46.5 Å². The summed E-state index contributed by atoms with van der Waals surface area (Å²) in [6.07, 6.45) is 4.59. The molecular formula is C16H20N2O2. The van der Waals surface area contributed by atoms with Crippen LogP contribution in [-0.2, 0) is 13.1 Å². The van der Waals surface area contributed by atoms with Gasteiger partial charge in [0.15, 0.2) is 0 Å². The Labute approximate surface area is 118 Å². The van der Waals surface area contributed by atoms with Crippen LogP contribution in [0.5, 0.6) is 0 Å². The highest BCUT2D eigenvalue weighted by Crippen LogP contribution is 2.07. The second kappa shape index (κ2) is 6.37. The fourth-order valence-electron chi connectivity index (χ4n) is 2.39. The molecule has 0 amide bonds. The first-order valence-electron chi connectivity index (χ1n) is 7.04. The standard InChI is InChI=1S/C16H20N2O2/c1-3-5-8-12-18-15(19)13-9-6-7-10-14(13)17(11-4-2)16(18)20/h4,6-7,9-10H,2-3,5,8,11-12H2,1H3. The van der Waals surface area contributed by atoms with Crippen molar-refractivity contribution in [1.29, 1.82) is 0 Å². The normalized spacial score (nSPS) is 10.8. The fraction of sp³-hybridized carbons (Fsp3) is 0.375. The third-order valence-electron chi connectivity index (χ3n) is 3.43. The summed E-state index contributed by atoms with van der Waals surface area (Å²) in [5.74, 6) is 0. The zero-order chi connectivity index (χ0) is 14.5. The lowest BCUT2D eigenvalue weighted by molar-refractivity contribution is 0.545. The van der Waals surface area contributed by atoms with Crippen molar-refractivity contribution >= 4 is 10.9 Å². The van der Waals surface area contributed by atoms with Crippen molar-refractivity contribution in [2.75, 3.05) is 0 Å². The molecule has 0 radical (unpaired) electrons. The van der Waals surface area contributed by atoms with Crippen LogP contribution < -0.4 is 11.2 Å². The van der Waals surface area contributed by atoms with Gasteiger partial charge in [0.2, 0.25) is 0 Å². The summed E-state index contributed by atoms with van der Waals surface area (Å²) in [6, 6.07) is 7.23. The number of fused-ring (bicyclic) bond motifs is 1. The molecule has 0 bridgehead atoms. The fourth-order valence-corrected chi connectivity index (χ4v) is 2.39. The molecule has 0 fully saturated rings. The molecule has 0 aliphatic heterocycles. The van der Waals surface area contributed by atoms with Gasteiger partial charge >= 0.3 is 5.69 Å². The highest BCUT2D eigenvalue weighted by molar-refractivity contribution is 5.77. The predicted molar refractivity (Wildman–Crippen MR) is 82.2 cm³/mol. The van der Waals surface area contributed by atoms with Crippen molar-refractivity contribution in [3.63, 3.8) is 0 Å². The maximum atomic E-state index is 12.5. The Morgan fingerprint density at radius 2 is 1.90 bits per heavy atom. The highest BCUT2D eigenvalue weighted by atomic mass is 16.2. The van der Waals surface area contributed by atoms with Crippen LogP contribution in [0, 0.1) is 0 Å². The Bertz CT molecular complexity index is 725. The van der Waals surface area contributed by atoms with Gasteiger partial charge in [-0.3, -0.25) is 13.9 Å². The van der Waals surface area contributed by atoms with E-state index in [0.29, 0.717) is 24.0 Å². The van der Waals surface area contributed by atoms with Gasteiger partial charge in [-0.05, 0) is 18.6 Å². The first-order chi connectivity index (χ1) is 9.70. The number of hydrogen-bond acceptors (Lipinski definition) is 2. The van der Waals surface area contributed by atoms with Gasteiger partial charge in [0.1, 0.15) is 0 Å². The minimum atomic E-state index is -0.246. The first-order valence-corrected chi connectivity index (χ1v) is 7.04. The number of aromatic nitrogens is 2. The molecule has 0 saturated heterocycles. The van der Waals surface area contributed by atoms with Crippen LogP contribution >= 0.6 is 0 Å². The molecular weight excluding hydrogens is 252 g/mol. The van der Waals surface area contributed by atoms with Gasteiger partial charge in [-0.15, -0.1) is 6.58 Å². The van der Waals surface area contributed by atoms with E-state index in [-0.39, 0.29) is 11.2 Å². The van der Waals surface area contributed by atoms with Crippen LogP contribution in [0.1, 0.15) is 26.2 Å². The van der Waals surface area contributed by atoms with E-state index in [1.165, 1.54) is 4.57 Å². The molecule has 0 spiro atoms. The van der Waals surface area contributed by atoms with E-state index in [1.54, 1.807) is 22.8 Å². The van der Waals surface area contributed by atoms with Gasteiger partial charge in [0.25, 0.3) is 5.56 Å². The molecule has 20 heavy (non-hydrogen) atoms. The van der Waals surface area contributed by atoms with Crippen molar-refractivity contribution in [1.82, 2.24) is 9.13 Å². The zero-order valence-electron chi connectivity index (χ0n) is 11.8. The van der Waals surface area contributed by atoms with E-state index in [0.717, 1.165) is 19.3 Å². The molecule has 106 valence electrons. The van der Waals surface area contributed by atoms with Crippen molar-refractivity contribution in [2.24, 2.45) is 0 Å². The number of unbranched alkanes of at least 4 members (excludes halogenated alkanes) is 2. The molecule has 4 nitrogen and oxygen atoms in total. The molecule has 2 rings (SSSR count). The molecule has 0 saturated carbocycles. The quantitative estimate of drug-likeness (QED) is 0.599. The lowest BCUT2D eigenvalue weighted by Crippen LogP contribution is -2.40. The monoisotopic (exact) mass is 272 g/mol. The molecule has 0 N–H and O–H groups in total. The SMILES string of the molecule is C=CCn1c(=O)n(CCCCC)c(=O)c2ccccc21. The largest absolute Gasteiger partial charge is 0.331 e. The molecule has 1 aromatic carbocycles.